The molecule has 3 aromatic heterocycles. The van der Waals surface area contributed by atoms with Crippen LogP contribution in [-0.2, 0) is 6.42 Å². The molecule has 2 fully saturated rings. The minimum atomic E-state index is -1.01. The Hall–Kier alpha value is -3.47. The van der Waals surface area contributed by atoms with Gasteiger partial charge in [-0.15, -0.1) is 0 Å². The number of carbonyl (C=O) groups is 2. The third-order valence-electron chi connectivity index (χ3n) is 7.28. The van der Waals surface area contributed by atoms with Gasteiger partial charge in [-0.3, -0.25) is 4.79 Å². The summed E-state index contributed by atoms with van der Waals surface area (Å²) in [5.41, 5.74) is 3.92. The van der Waals surface area contributed by atoms with Gasteiger partial charge >= 0.3 is 5.97 Å². The molecular weight excluding hydrogens is 564 g/mol. The lowest BCUT2D eigenvalue weighted by atomic mass is 10.0. The number of piperidine rings is 1. The van der Waals surface area contributed by atoms with Gasteiger partial charge in [0.1, 0.15) is 10.6 Å². The number of H-pyrrole nitrogens is 1. The molecule has 8 nitrogen and oxygen atoms in total. The minimum Gasteiger partial charge on any atom is -0.477 e. The first-order valence-corrected chi connectivity index (χ1v) is 13.8. The molecular formula is C27H22Cl2FN5O3S. The predicted octanol–water partition coefficient (Wildman–Crippen LogP) is 5.44. The highest BCUT2D eigenvalue weighted by Gasteiger charge is 2.57. The summed E-state index contributed by atoms with van der Waals surface area (Å²) in [5, 5.41) is 14.1. The number of aromatic nitrogens is 3. The number of amides is 1. The summed E-state index contributed by atoms with van der Waals surface area (Å²) >= 11 is 13.4. The predicted molar refractivity (Wildman–Crippen MR) is 148 cm³/mol. The molecule has 1 aliphatic carbocycles. The third-order valence-corrected chi connectivity index (χ3v) is 9.38. The highest BCUT2D eigenvalue weighted by Crippen LogP contribution is 2.48. The first kappa shape index (κ1) is 25.8. The van der Waals surface area contributed by atoms with Crippen LogP contribution in [0.4, 0.5) is 9.52 Å². The fraction of sp³-hybridized carbons (Fsp3) is 0.259. The Morgan fingerprint density at radius 1 is 1.18 bits per heavy atom. The van der Waals surface area contributed by atoms with Crippen molar-refractivity contribution in [3.8, 4) is 11.1 Å². The second-order valence-corrected chi connectivity index (χ2v) is 11.5. The molecule has 6 rings (SSSR count). The van der Waals surface area contributed by atoms with E-state index in [0.717, 1.165) is 16.7 Å². The molecule has 4 aromatic rings. The van der Waals surface area contributed by atoms with E-state index in [1.807, 2.05) is 24.3 Å². The molecule has 39 heavy (non-hydrogen) atoms. The van der Waals surface area contributed by atoms with Gasteiger partial charge in [0.15, 0.2) is 5.13 Å². The fourth-order valence-corrected chi connectivity index (χ4v) is 6.57. The lowest BCUT2D eigenvalue weighted by Gasteiger charge is -2.19. The molecule has 1 amide bonds. The van der Waals surface area contributed by atoms with Crippen molar-refractivity contribution in [1.29, 1.82) is 0 Å². The largest absolute Gasteiger partial charge is 0.477 e. The number of pyridine rings is 1. The monoisotopic (exact) mass is 585 g/mol. The van der Waals surface area contributed by atoms with Crippen molar-refractivity contribution in [3.05, 3.63) is 86.1 Å². The topological polar surface area (TPSA) is 111 Å². The highest BCUT2D eigenvalue weighted by atomic mass is 35.5. The normalized spacial score (nSPS) is 19.7. The van der Waals surface area contributed by atoms with Crippen LogP contribution in [0, 0.1) is 24.7 Å². The Morgan fingerprint density at radius 2 is 1.95 bits per heavy atom. The van der Waals surface area contributed by atoms with Crippen LogP contribution >= 0.6 is 34.5 Å². The number of nitrogens with zero attached hydrogens (tertiary/aromatic N) is 3. The molecule has 1 saturated carbocycles. The number of thiazole rings is 1. The number of rotatable bonds is 7. The number of aryl methyl sites for hydroxylation is 1. The molecule has 2 aliphatic rings. The number of carbonyl (C=O) groups excluding carboxylic acids is 1. The van der Waals surface area contributed by atoms with Crippen molar-refractivity contribution >= 4 is 51.5 Å². The van der Waals surface area contributed by atoms with Gasteiger partial charge in [-0.25, -0.2) is 14.8 Å². The molecule has 0 radical (unpaired) electrons. The number of nitrogens with one attached hydrogen (secondary N) is 2. The minimum absolute atomic E-state index is 0.0225. The van der Waals surface area contributed by atoms with Crippen molar-refractivity contribution in [2.75, 3.05) is 18.0 Å². The summed E-state index contributed by atoms with van der Waals surface area (Å²) in [6.07, 6.45) is 1.81. The van der Waals surface area contributed by atoms with Gasteiger partial charge in [0.25, 0.3) is 5.91 Å². The summed E-state index contributed by atoms with van der Waals surface area (Å²) in [7, 11) is 0. The summed E-state index contributed by atoms with van der Waals surface area (Å²) in [4.78, 5) is 38.4. The summed E-state index contributed by atoms with van der Waals surface area (Å²) in [5.74, 6) is -1.35. The van der Waals surface area contributed by atoms with Crippen LogP contribution in [0.25, 0.3) is 11.1 Å². The molecule has 3 N–H and O–H groups in total. The number of carboxylic acids is 1. The van der Waals surface area contributed by atoms with Gasteiger partial charge in [-0.2, -0.15) is 4.39 Å². The van der Waals surface area contributed by atoms with Gasteiger partial charge in [0, 0.05) is 54.8 Å². The zero-order chi connectivity index (χ0) is 27.4. The maximum absolute atomic E-state index is 13.2. The Morgan fingerprint density at radius 3 is 2.59 bits per heavy atom. The quantitative estimate of drug-likeness (QED) is 0.249. The average molecular weight is 586 g/mol. The van der Waals surface area contributed by atoms with Crippen molar-refractivity contribution in [1.82, 2.24) is 20.3 Å². The number of halogens is 3. The van der Waals surface area contributed by atoms with E-state index in [0.29, 0.717) is 41.1 Å². The van der Waals surface area contributed by atoms with E-state index in [-0.39, 0.29) is 39.4 Å². The Balaban J connectivity index is 1.14. The van der Waals surface area contributed by atoms with Crippen LogP contribution < -0.4 is 10.2 Å². The lowest BCUT2D eigenvalue weighted by molar-refractivity contribution is 0.0700. The van der Waals surface area contributed by atoms with E-state index in [9.17, 15) is 19.1 Å². The smallest absolute Gasteiger partial charge is 0.347 e. The first-order chi connectivity index (χ1) is 18.7. The summed E-state index contributed by atoms with van der Waals surface area (Å²) in [6.45, 7) is 3.10. The first-order valence-electron chi connectivity index (χ1n) is 12.2. The molecule has 0 unspecified atom stereocenters. The Bertz CT molecular complexity index is 1590. The second-order valence-electron chi connectivity index (χ2n) is 9.81. The Kier molecular flexibility index (Phi) is 6.57. The fourth-order valence-electron chi connectivity index (χ4n) is 5.21. The SMILES string of the molecule is Cc1[nH]c(C(=O)N[C@@H]2[C@@H]3CN(c4nc(Cc5cccc(-c6ccc(F)nc6)c5)c(C(=O)O)s4)C[C@@H]32)c(Cl)c1Cl. The zero-order valence-electron chi connectivity index (χ0n) is 20.5. The zero-order valence-corrected chi connectivity index (χ0v) is 22.9. The maximum atomic E-state index is 13.2. The molecule has 3 atom stereocenters. The molecule has 4 heterocycles. The third kappa shape index (κ3) is 4.88. The highest BCUT2D eigenvalue weighted by molar-refractivity contribution is 7.17. The van der Waals surface area contributed by atoms with E-state index in [1.54, 1.807) is 13.0 Å². The van der Waals surface area contributed by atoms with Gasteiger partial charge in [0.05, 0.1) is 15.7 Å². The number of anilines is 1. The number of hydrogen-bond donors (Lipinski definition) is 3. The number of hydrogen-bond acceptors (Lipinski definition) is 6. The van der Waals surface area contributed by atoms with Gasteiger partial charge < -0.3 is 20.3 Å². The molecule has 1 aromatic carbocycles. The summed E-state index contributed by atoms with van der Waals surface area (Å²) < 4.78 is 13.2. The van der Waals surface area contributed by atoms with Crippen LogP contribution in [-0.4, -0.2) is 51.1 Å². The van der Waals surface area contributed by atoms with Crippen LogP contribution in [0.5, 0.6) is 0 Å². The number of aromatic carboxylic acids is 1. The van der Waals surface area contributed by atoms with Gasteiger partial charge in [-0.05, 0) is 30.2 Å². The van der Waals surface area contributed by atoms with Crippen LogP contribution in [0.2, 0.25) is 10.0 Å². The van der Waals surface area contributed by atoms with Crippen molar-refractivity contribution in [2.24, 2.45) is 11.8 Å². The van der Waals surface area contributed by atoms with E-state index in [2.05, 4.69) is 20.2 Å². The average Bonchev–Trinajstić information content (AvgIpc) is 3.27. The van der Waals surface area contributed by atoms with E-state index < -0.39 is 11.9 Å². The molecule has 12 heteroatoms. The summed E-state index contributed by atoms with van der Waals surface area (Å²) in [6, 6.07) is 10.6. The molecule has 200 valence electrons. The van der Waals surface area contributed by atoms with E-state index in [4.69, 9.17) is 28.2 Å². The van der Waals surface area contributed by atoms with Crippen LogP contribution in [0.3, 0.4) is 0 Å². The second kappa shape index (κ2) is 9.93. The van der Waals surface area contributed by atoms with Crippen molar-refractivity contribution < 1.29 is 19.1 Å². The van der Waals surface area contributed by atoms with Crippen LogP contribution in [0.1, 0.15) is 37.1 Å². The molecule has 1 aliphatic heterocycles. The maximum Gasteiger partial charge on any atom is 0.347 e. The number of benzene rings is 1. The number of aromatic amines is 1. The van der Waals surface area contributed by atoms with Crippen LogP contribution in [0.15, 0.2) is 42.6 Å². The molecule has 0 bridgehead atoms. The standard InChI is InChI=1S/C27H22Cl2FN5O3S/c1-12-20(28)21(29)23(32-12)25(36)34-22-16-10-35(11-17(16)22)27-33-18(24(39-27)26(37)38)8-13-3-2-4-14(7-13)15-5-6-19(30)31-9-15/h2-7,9,16-17,22,32H,8,10-11H2,1H3,(H,34,36)(H,37,38)/t16-,17+,22-. The van der Waals surface area contributed by atoms with E-state index in [1.165, 1.54) is 23.6 Å². The van der Waals surface area contributed by atoms with Crippen molar-refractivity contribution in [2.45, 2.75) is 19.4 Å². The van der Waals surface area contributed by atoms with Gasteiger partial charge in [-0.1, -0.05) is 58.8 Å². The number of fused-ring (bicyclic) bond motifs is 1. The lowest BCUT2D eigenvalue weighted by Crippen LogP contribution is -2.34. The van der Waals surface area contributed by atoms with E-state index >= 15 is 0 Å². The Labute approximate surface area is 236 Å². The molecule has 1 saturated heterocycles. The molecule has 0 spiro atoms. The number of carboxylic acid groups (broad SMARTS) is 1. The van der Waals surface area contributed by atoms with Crippen molar-refractivity contribution in [3.63, 3.8) is 0 Å². The van der Waals surface area contributed by atoms with Gasteiger partial charge in [0.2, 0.25) is 5.95 Å².